The summed E-state index contributed by atoms with van der Waals surface area (Å²) in [6.07, 6.45) is 3.74. The van der Waals surface area contributed by atoms with Crippen LogP contribution in [0.15, 0.2) is 35.3 Å². The molecule has 0 saturated heterocycles. The molecule has 1 fully saturated rings. The van der Waals surface area contributed by atoms with E-state index in [4.69, 9.17) is 9.47 Å². The first kappa shape index (κ1) is 21.7. The minimum absolute atomic E-state index is 0.0473. The van der Waals surface area contributed by atoms with Crippen LogP contribution in [-0.4, -0.2) is 41.3 Å². The van der Waals surface area contributed by atoms with Gasteiger partial charge in [0.15, 0.2) is 11.5 Å². The number of aromatic nitrogens is 1. The molecule has 1 aliphatic heterocycles. The number of carboxylic acid groups (broad SMARTS) is 1. The number of nitro benzene ring substituents is 1. The Kier molecular flexibility index (Phi) is 5.15. The van der Waals surface area contributed by atoms with Crippen molar-refractivity contribution >= 4 is 28.2 Å². The van der Waals surface area contributed by atoms with Crippen molar-refractivity contribution in [1.82, 2.24) is 4.57 Å². The SMILES string of the molecule is COc1cc2c(cc1OC)CN(c1cc3c(cc1[N+](=O)[O-])c(=O)c(C(=O)O)cn3C1CC1)CC2. The first-order valence-electron chi connectivity index (χ1n) is 10.9. The van der Waals surface area contributed by atoms with Gasteiger partial charge in [-0.1, -0.05) is 0 Å². The van der Waals surface area contributed by atoms with E-state index >= 15 is 0 Å². The Bertz CT molecular complexity index is 1410. The average Bonchev–Trinajstić information content (AvgIpc) is 3.67. The molecular formula is C24H23N3O7. The van der Waals surface area contributed by atoms with Crippen LogP contribution in [-0.2, 0) is 13.0 Å². The molecule has 0 atom stereocenters. The molecule has 176 valence electrons. The number of rotatable bonds is 6. The normalized spacial score (nSPS) is 15.2. The third-order valence-electron chi connectivity index (χ3n) is 6.55. The van der Waals surface area contributed by atoms with Crippen LogP contribution in [0.3, 0.4) is 0 Å². The van der Waals surface area contributed by atoms with Crippen molar-refractivity contribution in [3.05, 3.63) is 67.5 Å². The molecule has 5 rings (SSSR count). The van der Waals surface area contributed by atoms with Gasteiger partial charge in [0.2, 0.25) is 5.43 Å². The first-order valence-corrected chi connectivity index (χ1v) is 10.9. The van der Waals surface area contributed by atoms with Crippen molar-refractivity contribution in [2.75, 3.05) is 25.7 Å². The molecule has 10 heteroatoms. The van der Waals surface area contributed by atoms with Crippen LogP contribution >= 0.6 is 0 Å². The molecule has 2 aliphatic rings. The van der Waals surface area contributed by atoms with Crippen molar-refractivity contribution < 1.29 is 24.3 Å². The van der Waals surface area contributed by atoms with Crippen molar-refractivity contribution in [3.63, 3.8) is 0 Å². The number of carboxylic acids is 1. The molecule has 1 saturated carbocycles. The summed E-state index contributed by atoms with van der Waals surface area (Å²) in [5, 5.41) is 21.6. The fraction of sp³-hybridized carbons (Fsp3) is 0.333. The van der Waals surface area contributed by atoms with Gasteiger partial charge in [-0.15, -0.1) is 0 Å². The number of pyridine rings is 1. The van der Waals surface area contributed by atoms with Crippen LogP contribution in [0.4, 0.5) is 11.4 Å². The highest BCUT2D eigenvalue weighted by atomic mass is 16.6. The highest BCUT2D eigenvalue weighted by molar-refractivity contribution is 5.95. The van der Waals surface area contributed by atoms with E-state index in [1.54, 1.807) is 24.9 Å². The molecular weight excluding hydrogens is 442 g/mol. The lowest BCUT2D eigenvalue weighted by Crippen LogP contribution is -2.31. The standard InChI is InChI=1S/C24H23N3O7/c1-33-21-7-13-5-6-25(11-14(13)8-22(21)34-2)19-10-18-16(9-20(19)27(31)32)23(28)17(24(29)30)12-26(18)15-3-4-15/h7-10,12,15H,3-6,11H2,1-2H3,(H,29,30). The zero-order valence-electron chi connectivity index (χ0n) is 18.7. The van der Waals surface area contributed by atoms with Crippen LogP contribution in [0, 0.1) is 10.1 Å². The van der Waals surface area contributed by atoms with E-state index in [9.17, 15) is 24.8 Å². The predicted octanol–water partition coefficient (Wildman–Crippen LogP) is 3.52. The van der Waals surface area contributed by atoms with E-state index in [0.29, 0.717) is 42.2 Å². The summed E-state index contributed by atoms with van der Waals surface area (Å²) in [5.74, 6) is -0.126. The number of nitro groups is 1. The van der Waals surface area contributed by atoms with Crippen LogP contribution in [0.25, 0.3) is 10.9 Å². The van der Waals surface area contributed by atoms with E-state index in [1.165, 1.54) is 12.3 Å². The maximum Gasteiger partial charge on any atom is 0.341 e. The molecule has 0 amide bonds. The molecule has 0 unspecified atom stereocenters. The summed E-state index contributed by atoms with van der Waals surface area (Å²) >= 11 is 0. The van der Waals surface area contributed by atoms with Gasteiger partial charge < -0.3 is 24.0 Å². The van der Waals surface area contributed by atoms with E-state index in [-0.39, 0.29) is 22.7 Å². The Morgan fingerprint density at radius 3 is 2.38 bits per heavy atom. The van der Waals surface area contributed by atoms with Gasteiger partial charge in [0.25, 0.3) is 5.69 Å². The molecule has 1 N–H and O–H groups in total. The number of fused-ring (bicyclic) bond motifs is 2. The fourth-order valence-electron chi connectivity index (χ4n) is 4.67. The Labute approximate surface area is 194 Å². The minimum atomic E-state index is -1.34. The molecule has 1 aliphatic carbocycles. The summed E-state index contributed by atoms with van der Waals surface area (Å²) in [5.41, 5.74) is 1.64. The van der Waals surface area contributed by atoms with Gasteiger partial charge in [-0.25, -0.2) is 4.79 Å². The molecule has 2 aromatic carbocycles. The number of aromatic carboxylic acids is 1. The number of ether oxygens (including phenoxy) is 2. The number of hydrogen-bond acceptors (Lipinski definition) is 7. The molecule has 0 radical (unpaired) electrons. The van der Waals surface area contributed by atoms with Crippen molar-refractivity contribution in [3.8, 4) is 11.5 Å². The maximum atomic E-state index is 12.9. The third kappa shape index (κ3) is 3.51. The zero-order chi connectivity index (χ0) is 24.1. The maximum absolute atomic E-state index is 12.9. The fourth-order valence-corrected chi connectivity index (χ4v) is 4.67. The lowest BCUT2D eigenvalue weighted by atomic mass is 9.97. The second kappa shape index (κ2) is 8.05. The Hall–Kier alpha value is -4.08. The van der Waals surface area contributed by atoms with Gasteiger partial charge >= 0.3 is 5.97 Å². The summed E-state index contributed by atoms with van der Waals surface area (Å²) in [7, 11) is 3.13. The largest absolute Gasteiger partial charge is 0.493 e. The summed E-state index contributed by atoms with van der Waals surface area (Å²) < 4.78 is 12.6. The number of carbonyl (C=O) groups is 1. The highest BCUT2D eigenvalue weighted by Gasteiger charge is 2.31. The van der Waals surface area contributed by atoms with E-state index < -0.39 is 16.3 Å². The topological polar surface area (TPSA) is 124 Å². The number of methoxy groups -OCH3 is 2. The van der Waals surface area contributed by atoms with Gasteiger partial charge in [-0.2, -0.15) is 0 Å². The quantitative estimate of drug-likeness (QED) is 0.433. The van der Waals surface area contributed by atoms with Crippen molar-refractivity contribution in [2.45, 2.75) is 31.8 Å². The van der Waals surface area contributed by atoms with E-state index in [2.05, 4.69) is 0 Å². The Morgan fingerprint density at radius 1 is 1.12 bits per heavy atom. The summed E-state index contributed by atoms with van der Waals surface area (Å²) in [6.45, 7) is 0.957. The van der Waals surface area contributed by atoms with Gasteiger partial charge in [-0.3, -0.25) is 14.9 Å². The average molecular weight is 465 g/mol. The first-order chi connectivity index (χ1) is 16.3. The Morgan fingerprint density at radius 2 is 1.79 bits per heavy atom. The molecule has 0 bridgehead atoms. The molecule has 2 heterocycles. The molecule has 10 nitrogen and oxygen atoms in total. The van der Waals surface area contributed by atoms with E-state index in [1.807, 2.05) is 17.0 Å². The van der Waals surface area contributed by atoms with Gasteiger partial charge in [0.05, 0.1) is 30.0 Å². The van der Waals surface area contributed by atoms with Crippen LogP contribution in [0.2, 0.25) is 0 Å². The number of benzene rings is 2. The zero-order valence-corrected chi connectivity index (χ0v) is 18.7. The number of anilines is 1. The second-order valence-electron chi connectivity index (χ2n) is 8.58. The van der Waals surface area contributed by atoms with Crippen molar-refractivity contribution in [2.24, 2.45) is 0 Å². The predicted molar refractivity (Wildman–Crippen MR) is 124 cm³/mol. The highest BCUT2D eigenvalue weighted by Crippen LogP contribution is 2.41. The molecule has 34 heavy (non-hydrogen) atoms. The van der Waals surface area contributed by atoms with Crippen LogP contribution < -0.4 is 19.8 Å². The van der Waals surface area contributed by atoms with Crippen molar-refractivity contribution in [1.29, 1.82) is 0 Å². The second-order valence-corrected chi connectivity index (χ2v) is 8.58. The molecule has 1 aromatic heterocycles. The third-order valence-corrected chi connectivity index (χ3v) is 6.55. The summed E-state index contributed by atoms with van der Waals surface area (Å²) in [4.78, 5) is 37.9. The van der Waals surface area contributed by atoms with Crippen LogP contribution in [0.5, 0.6) is 11.5 Å². The number of nitrogens with zero attached hydrogens (tertiary/aromatic N) is 3. The lowest BCUT2D eigenvalue weighted by molar-refractivity contribution is -0.384. The lowest BCUT2D eigenvalue weighted by Gasteiger charge is -2.31. The van der Waals surface area contributed by atoms with Gasteiger partial charge in [0.1, 0.15) is 11.3 Å². The minimum Gasteiger partial charge on any atom is -0.493 e. The smallest absolute Gasteiger partial charge is 0.341 e. The van der Waals surface area contributed by atoms with E-state index in [0.717, 1.165) is 24.0 Å². The van der Waals surface area contributed by atoms with Gasteiger partial charge in [0, 0.05) is 31.4 Å². The molecule has 0 spiro atoms. The van der Waals surface area contributed by atoms with Crippen LogP contribution in [0.1, 0.15) is 40.4 Å². The number of hydrogen-bond donors (Lipinski definition) is 1. The summed E-state index contributed by atoms with van der Waals surface area (Å²) in [6, 6.07) is 6.77. The monoisotopic (exact) mass is 465 g/mol. The molecule has 3 aromatic rings. The van der Waals surface area contributed by atoms with Gasteiger partial charge in [-0.05, 0) is 48.6 Å². The Balaban J connectivity index is 1.67.